The lowest BCUT2D eigenvalue weighted by Crippen LogP contribution is -2.55. The smallest absolute Gasteiger partial charge is 0.255 e. The molecule has 2 unspecified atom stereocenters. The van der Waals surface area contributed by atoms with Gasteiger partial charge in [-0.15, -0.1) is 0 Å². The first-order valence-corrected chi connectivity index (χ1v) is 13.8. The maximum atomic E-state index is 13.6. The number of hydrogen-bond acceptors (Lipinski definition) is 6. The van der Waals surface area contributed by atoms with E-state index in [0.717, 1.165) is 6.07 Å². The van der Waals surface area contributed by atoms with Crippen LogP contribution in [0.15, 0.2) is 35.2 Å². The molecular formula is C25H28ClF3N2O5S. The minimum Gasteiger partial charge on any atom is -0.395 e. The van der Waals surface area contributed by atoms with E-state index in [1.807, 2.05) is 0 Å². The molecule has 0 saturated heterocycles. The van der Waals surface area contributed by atoms with Crippen LogP contribution < -0.4 is 10.6 Å². The Morgan fingerprint density at radius 3 is 2.30 bits per heavy atom. The molecule has 1 amide bonds. The number of carbonyl (C=O) groups excluding carboxylic acids is 1. The molecule has 0 radical (unpaired) electrons. The molecule has 2 fully saturated rings. The van der Waals surface area contributed by atoms with E-state index in [1.54, 1.807) is 6.92 Å². The molecule has 5 atom stereocenters. The highest BCUT2D eigenvalue weighted by atomic mass is 35.5. The Morgan fingerprint density at radius 1 is 1.14 bits per heavy atom. The zero-order valence-electron chi connectivity index (χ0n) is 20.0. The van der Waals surface area contributed by atoms with Gasteiger partial charge in [0.25, 0.3) is 5.91 Å². The van der Waals surface area contributed by atoms with E-state index < -0.39 is 44.0 Å². The molecule has 2 saturated carbocycles. The predicted octanol–water partition coefficient (Wildman–Crippen LogP) is 3.67. The van der Waals surface area contributed by atoms with Crippen LogP contribution in [0.5, 0.6) is 0 Å². The molecular weight excluding hydrogens is 533 g/mol. The van der Waals surface area contributed by atoms with Gasteiger partial charge in [0.1, 0.15) is 0 Å². The van der Waals surface area contributed by atoms with Crippen LogP contribution in [0.3, 0.4) is 0 Å². The quantitative estimate of drug-likeness (QED) is 0.366. The lowest BCUT2D eigenvalue weighted by atomic mass is 9.74. The van der Waals surface area contributed by atoms with Crippen molar-refractivity contribution in [2.24, 2.45) is 11.8 Å². The minimum absolute atomic E-state index is 0.0814. The van der Waals surface area contributed by atoms with Crippen molar-refractivity contribution in [3.05, 3.63) is 58.4 Å². The number of fused-ring (bicyclic) bond motifs is 2. The van der Waals surface area contributed by atoms with Gasteiger partial charge in [-0.2, -0.15) is 0 Å². The summed E-state index contributed by atoms with van der Waals surface area (Å²) in [7, 11) is -4.01. The molecule has 4 rings (SSSR count). The number of benzene rings is 2. The monoisotopic (exact) mass is 560 g/mol. The number of anilines is 1. The standard InChI is InChI=1S/C25H28ClF3N2O5S/c1-13(11-32)30-12-25(34)15-3-4-16(25)8-18(7-15)37(35,36)22-6-14(2-5-19(22)26)24(33)31-17-9-20(27)23(29)21(28)10-17/h2,5-6,9-10,13,15-16,18,30,32,34H,3-4,7-8,11-12H2,1H3,(H,31,33)/t13?,15-,16?,18-,25-/m0/s1. The van der Waals surface area contributed by atoms with Crippen LogP contribution in [-0.4, -0.2) is 54.6 Å². The molecule has 0 spiro atoms. The minimum atomic E-state index is -4.01. The summed E-state index contributed by atoms with van der Waals surface area (Å²) >= 11 is 6.23. The van der Waals surface area contributed by atoms with E-state index in [2.05, 4.69) is 10.6 Å². The average molecular weight is 561 g/mol. The van der Waals surface area contributed by atoms with Gasteiger partial charge in [-0.05, 0) is 62.6 Å². The molecule has 202 valence electrons. The van der Waals surface area contributed by atoms with Gasteiger partial charge in [-0.1, -0.05) is 11.6 Å². The molecule has 37 heavy (non-hydrogen) atoms. The van der Waals surface area contributed by atoms with Crippen LogP contribution in [0.2, 0.25) is 5.02 Å². The SMILES string of the molecule is CC(CO)NC[C@@]1(O)C2CC[C@H]1C[C@H](S(=O)(=O)c1cc(C(=O)Nc3cc(F)c(F)c(F)c3)ccc1Cl)C2. The Hall–Kier alpha value is -2.18. The summed E-state index contributed by atoms with van der Waals surface area (Å²) in [5.74, 6) is -6.04. The number of amides is 1. The zero-order chi connectivity index (χ0) is 27.1. The van der Waals surface area contributed by atoms with Crippen molar-refractivity contribution in [1.29, 1.82) is 0 Å². The van der Waals surface area contributed by atoms with E-state index in [4.69, 9.17) is 11.6 Å². The third-order valence-corrected chi connectivity index (χ3v) is 10.2. The summed E-state index contributed by atoms with van der Waals surface area (Å²) in [6, 6.07) is 4.64. The summed E-state index contributed by atoms with van der Waals surface area (Å²) in [5.41, 5.74) is -1.54. The number of sulfone groups is 1. The van der Waals surface area contributed by atoms with Crippen LogP contribution in [0.25, 0.3) is 0 Å². The van der Waals surface area contributed by atoms with Gasteiger partial charge in [-0.3, -0.25) is 4.79 Å². The van der Waals surface area contributed by atoms with Gasteiger partial charge in [0.05, 0.1) is 27.4 Å². The van der Waals surface area contributed by atoms with Crippen molar-refractivity contribution in [1.82, 2.24) is 5.32 Å². The van der Waals surface area contributed by atoms with Gasteiger partial charge in [-0.25, -0.2) is 21.6 Å². The van der Waals surface area contributed by atoms with Crippen LogP contribution in [0, 0.1) is 29.3 Å². The van der Waals surface area contributed by atoms with Crippen LogP contribution >= 0.6 is 11.6 Å². The van der Waals surface area contributed by atoms with Crippen LogP contribution in [0.4, 0.5) is 18.9 Å². The van der Waals surface area contributed by atoms with Crippen molar-refractivity contribution >= 4 is 33.0 Å². The number of rotatable bonds is 8. The van der Waals surface area contributed by atoms with Crippen LogP contribution in [0.1, 0.15) is 43.0 Å². The Kier molecular flexibility index (Phi) is 7.92. The lowest BCUT2D eigenvalue weighted by molar-refractivity contribution is -0.0584. The number of aliphatic hydroxyl groups excluding tert-OH is 1. The highest BCUT2D eigenvalue weighted by molar-refractivity contribution is 7.92. The molecule has 0 aliphatic heterocycles. The third-order valence-electron chi connectivity index (χ3n) is 7.56. The predicted molar refractivity (Wildman–Crippen MR) is 132 cm³/mol. The van der Waals surface area contributed by atoms with E-state index in [0.29, 0.717) is 25.0 Å². The van der Waals surface area contributed by atoms with Crippen molar-refractivity contribution in [3.63, 3.8) is 0 Å². The number of aliphatic hydroxyl groups is 2. The fraction of sp³-hybridized carbons (Fsp3) is 0.480. The molecule has 2 aliphatic carbocycles. The number of nitrogens with one attached hydrogen (secondary N) is 2. The number of halogens is 4. The summed E-state index contributed by atoms with van der Waals surface area (Å²) in [4.78, 5) is 12.4. The largest absolute Gasteiger partial charge is 0.395 e. The van der Waals surface area contributed by atoms with Gasteiger partial charge >= 0.3 is 0 Å². The molecule has 2 bridgehead atoms. The second-order valence-electron chi connectivity index (χ2n) is 9.92. The maximum Gasteiger partial charge on any atom is 0.255 e. The Morgan fingerprint density at radius 2 is 1.73 bits per heavy atom. The van der Waals surface area contributed by atoms with Crippen molar-refractivity contribution in [3.8, 4) is 0 Å². The van der Waals surface area contributed by atoms with Crippen LogP contribution in [-0.2, 0) is 9.84 Å². The first kappa shape index (κ1) is 27.8. The molecule has 12 heteroatoms. The first-order chi connectivity index (χ1) is 17.4. The molecule has 4 N–H and O–H groups in total. The van der Waals surface area contributed by atoms with Gasteiger partial charge in [0.15, 0.2) is 27.3 Å². The average Bonchev–Trinajstić information content (AvgIpc) is 3.01. The third kappa shape index (κ3) is 5.37. The fourth-order valence-electron chi connectivity index (χ4n) is 5.43. The van der Waals surface area contributed by atoms with Gasteiger partial charge < -0.3 is 20.8 Å². The highest BCUT2D eigenvalue weighted by Crippen LogP contribution is 2.52. The van der Waals surface area contributed by atoms with Crippen molar-refractivity contribution < 1.29 is 36.6 Å². The van der Waals surface area contributed by atoms with Crippen molar-refractivity contribution in [2.75, 3.05) is 18.5 Å². The normalized spacial score (nSPS) is 26.2. The topological polar surface area (TPSA) is 116 Å². The molecule has 2 aromatic carbocycles. The molecule has 2 aromatic rings. The molecule has 2 aliphatic rings. The van der Waals surface area contributed by atoms with Gasteiger partial charge in [0, 0.05) is 36.0 Å². The molecule has 0 heterocycles. The second kappa shape index (κ2) is 10.5. The zero-order valence-corrected chi connectivity index (χ0v) is 21.6. The number of carbonyl (C=O) groups is 1. The van der Waals surface area contributed by atoms with E-state index >= 15 is 0 Å². The Balaban J connectivity index is 1.54. The Bertz CT molecular complexity index is 1270. The van der Waals surface area contributed by atoms with Gasteiger partial charge in [0.2, 0.25) is 0 Å². The maximum absolute atomic E-state index is 13.6. The van der Waals surface area contributed by atoms with E-state index in [9.17, 15) is 36.6 Å². The highest BCUT2D eigenvalue weighted by Gasteiger charge is 2.55. The van der Waals surface area contributed by atoms with E-state index in [-0.39, 0.29) is 65.0 Å². The van der Waals surface area contributed by atoms with Crippen molar-refractivity contribution in [2.45, 2.75) is 54.4 Å². The first-order valence-electron chi connectivity index (χ1n) is 11.9. The summed E-state index contributed by atoms with van der Waals surface area (Å²) < 4.78 is 67.5. The lowest BCUT2D eigenvalue weighted by Gasteiger charge is -2.43. The fourth-order valence-corrected chi connectivity index (χ4v) is 7.83. The summed E-state index contributed by atoms with van der Waals surface area (Å²) in [5, 5.41) is 25.0. The summed E-state index contributed by atoms with van der Waals surface area (Å²) in [6.45, 7) is 1.95. The van der Waals surface area contributed by atoms with E-state index in [1.165, 1.54) is 12.1 Å². The second-order valence-corrected chi connectivity index (χ2v) is 12.5. The number of hydrogen-bond donors (Lipinski definition) is 4. The molecule has 7 nitrogen and oxygen atoms in total. The molecule has 0 aromatic heterocycles. The summed E-state index contributed by atoms with van der Waals surface area (Å²) in [6.07, 6.45) is 1.77. The Labute approximate surface area is 217 Å².